The average Bonchev–Trinajstić information content (AvgIpc) is 3.51. The molecule has 3 heterocycles. The van der Waals surface area contributed by atoms with Crippen molar-refractivity contribution >= 4 is 32.6 Å². The molecule has 2 fully saturated rings. The number of hydrogen-bond acceptors (Lipinski definition) is 5. The van der Waals surface area contributed by atoms with Crippen molar-refractivity contribution < 1.29 is 13.2 Å². The maximum Gasteiger partial charge on any atom is 0.228 e. The largest absolute Gasteiger partial charge is 0.346 e. The molecule has 1 aromatic carbocycles. The summed E-state index contributed by atoms with van der Waals surface area (Å²) in [6.07, 6.45) is 3.76. The molecule has 8 heteroatoms. The number of aromatic amines is 1. The number of fused-ring (bicyclic) bond motifs is 1. The van der Waals surface area contributed by atoms with E-state index in [1.54, 1.807) is 0 Å². The Kier molecular flexibility index (Phi) is 5.06. The Hall–Kier alpha value is -2.71. The van der Waals surface area contributed by atoms with Gasteiger partial charge >= 0.3 is 0 Å². The molecule has 1 amide bonds. The number of pyridine rings is 1. The van der Waals surface area contributed by atoms with Gasteiger partial charge in [-0.3, -0.25) is 9.69 Å². The lowest BCUT2D eigenvalue weighted by Crippen LogP contribution is -2.41. The van der Waals surface area contributed by atoms with Gasteiger partial charge in [0.1, 0.15) is 11.5 Å². The van der Waals surface area contributed by atoms with Crippen molar-refractivity contribution in [2.45, 2.75) is 25.8 Å². The molecule has 0 radical (unpaired) electrons. The second kappa shape index (κ2) is 7.76. The lowest BCUT2D eigenvalue weighted by molar-refractivity contribution is -0.117. The maximum atomic E-state index is 12.2. The monoisotopic (exact) mass is 438 g/mol. The lowest BCUT2D eigenvalue weighted by atomic mass is 9.99. The fourth-order valence-corrected chi connectivity index (χ4v) is 5.41. The van der Waals surface area contributed by atoms with Crippen molar-refractivity contribution in [3.8, 4) is 11.1 Å². The molecule has 31 heavy (non-hydrogen) atoms. The van der Waals surface area contributed by atoms with Crippen LogP contribution in [0, 0.1) is 5.92 Å². The van der Waals surface area contributed by atoms with Gasteiger partial charge < -0.3 is 10.3 Å². The first-order valence-electron chi connectivity index (χ1n) is 10.7. The number of H-pyrrole nitrogens is 1. The van der Waals surface area contributed by atoms with Crippen molar-refractivity contribution in [3.05, 3.63) is 48.2 Å². The van der Waals surface area contributed by atoms with Gasteiger partial charge in [0, 0.05) is 36.6 Å². The third kappa shape index (κ3) is 4.22. The average molecular weight is 439 g/mol. The number of aromatic nitrogens is 2. The SMILES string of the molecule is CC(c1ccc(-c2cc(NC(=O)C3CC3)nc3[nH]ccc23)cc1)N1CCS(=O)(=O)CC1. The van der Waals surface area contributed by atoms with Gasteiger partial charge in [-0.2, -0.15) is 0 Å². The van der Waals surface area contributed by atoms with Crippen molar-refractivity contribution in [3.63, 3.8) is 0 Å². The third-order valence-corrected chi connectivity index (χ3v) is 7.97. The van der Waals surface area contributed by atoms with Crippen LogP contribution in [0.4, 0.5) is 5.82 Å². The summed E-state index contributed by atoms with van der Waals surface area (Å²) in [6.45, 7) is 3.27. The molecule has 1 saturated heterocycles. The van der Waals surface area contributed by atoms with Gasteiger partial charge in [-0.25, -0.2) is 13.4 Å². The predicted octanol–water partition coefficient (Wildman–Crippen LogP) is 3.37. The molecule has 0 spiro atoms. The second-order valence-corrected chi connectivity index (χ2v) is 10.8. The van der Waals surface area contributed by atoms with E-state index in [-0.39, 0.29) is 29.4 Å². The highest BCUT2D eigenvalue weighted by atomic mass is 32.2. The standard InChI is InChI=1S/C23H26N4O3S/c1-15(27-10-12-31(29,30)13-11-27)16-2-4-17(5-3-16)20-14-21(26-23(28)18-6-7-18)25-22-19(20)8-9-24-22/h2-5,8-9,14-15,18H,6-7,10-13H2,1H3,(H2,24,25,26,28). The van der Waals surface area contributed by atoms with Gasteiger partial charge in [0.2, 0.25) is 5.91 Å². The Balaban J connectivity index is 1.40. The van der Waals surface area contributed by atoms with Crippen LogP contribution in [0.5, 0.6) is 0 Å². The Bertz CT molecular complexity index is 1220. The summed E-state index contributed by atoms with van der Waals surface area (Å²) in [5.74, 6) is 1.18. The van der Waals surface area contributed by atoms with E-state index in [1.807, 2.05) is 18.3 Å². The zero-order valence-electron chi connectivity index (χ0n) is 17.5. The number of carbonyl (C=O) groups excluding carboxylic acids is 1. The third-order valence-electron chi connectivity index (χ3n) is 6.36. The Labute approximate surface area is 181 Å². The normalized spacial score (nSPS) is 19.9. The van der Waals surface area contributed by atoms with Crippen LogP contribution in [-0.4, -0.2) is 53.8 Å². The number of anilines is 1. The van der Waals surface area contributed by atoms with Crippen molar-refractivity contribution in [2.75, 3.05) is 29.9 Å². The van der Waals surface area contributed by atoms with E-state index in [0.29, 0.717) is 18.9 Å². The smallest absolute Gasteiger partial charge is 0.228 e. The predicted molar refractivity (Wildman–Crippen MR) is 122 cm³/mol. The van der Waals surface area contributed by atoms with Gasteiger partial charge in [0.15, 0.2) is 9.84 Å². The molecule has 1 aliphatic heterocycles. The Morgan fingerprint density at radius 3 is 2.55 bits per heavy atom. The number of hydrogen-bond donors (Lipinski definition) is 2. The molecule has 1 atom stereocenters. The topological polar surface area (TPSA) is 95.2 Å². The Morgan fingerprint density at radius 2 is 1.87 bits per heavy atom. The van der Waals surface area contributed by atoms with E-state index in [4.69, 9.17) is 0 Å². The number of sulfone groups is 1. The first kappa shape index (κ1) is 20.2. The van der Waals surface area contributed by atoms with E-state index in [1.165, 1.54) is 0 Å². The summed E-state index contributed by atoms with van der Waals surface area (Å²) in [6, 6.07) is 12.5. The highest BCUT2D eigenvalue weighted by Crippen LogP contribution is 2.33. The summed E-state index contributed by atoms with van der Waals surface area (Å²) in [5, 5.41) is 3.96. The molecule has 1 aliphatic carbocycles. The van der Waals surface area contributed by atoms with Gasteiger partial charge in [-0.15, -0.1) is 0 Å². The first-order chi connectivity index (χ1) is 14.9. The van der Waals surface area contributed by atoms with Crippen LogP contribution in [0.3, 0.4) is 0 Å². The second-order valence-electron chi connectivity index (χ2n) is 8.54. The minimum atomic E-state index is -2.88. The van der Waals surface area contributed by atoms with E-state index >= 15 is 0 Å². The summed E-state index contributed by atoms with van der Waals surface area (Å²) < 4.78 is 23.4. The number of carbonyl (C=O) groups is 1. The van der Waals surface area contributed by atoms with Crippen LogP contribution < -0.4 is 5.32 Å². The molecule has 162 valence electrons. The lowest BCUT2D eigenvalue weighted by Gasteiger charge is -2.32. The molecule has 2 N–H and O–H groups in total. The summed E-state index contributed by atoms with van der Waals surface area (Å²) in [7, 11) is -2.88. The van der Waals surface area contributed by atoms with Crippen molar-refractivity contribution in [1.82, 2.24) is 14.9 Å². The molecule has 1 saturated carbocycles. The molecular formula is C23H26N4O3S. The zero-order valence-corrected chi connectivity index (χ0v) is 18.3. The zero-order chi connectivity index (χ0) is 21.6. The van der Waals surface area contributed by atoms with Crippen LogP contribution in [0.15, 0.2) is 42.6 Å². The van der Waals surface area contributed by atoms with Gasteiger partial charge in [-0.1, -0.05) is 24.3 Å². The van der Waals surface area contributed by atoms with Crippen molar-refractivity contribution in [2.24, 2.45) is 5.92 Å². The maximum absolute atomic E-state index is 12.2. The number of benzene rings is 1. The molecule has 2 aromatic heterocycles. The highest BCUT2D eigenvalue weighted by molar-refractivity contribution is 7.91. The molecule has 1 unspecified atom stereocenters. The van der Waals surface area contributed by atoms with E-state index < -0.39 is 9.84 Å². The fourth-order valence-electron chi connectivity index (χ4n) is 4.18. The minimum absolute atomic E-state index is 0.0390. The minimum Gasteiger partial charge on any atom is -0.346 e. The first-order valence-corrected chi connectivity index (χ1v) is 12.6. The molecule has 0 bridgehead atoms. The number of nitrogens with zero attached hydrogens (tertiary/aromatic N) is 2. The van der Waals surface area contributed by atoms with Crippen LogP contribution in [0.1, 0.15) is 31.4 Å². The van der Waals surface area contributed by atoms with Gasteiger partial charge in [0.05, 0.1) is 11.5 Å². The quantitative estimate of drug-likeness (QED) is 0.637. The van der Waals surface area contributed by atoms with Crippen molar-refractivity contribution in [1.29, 1.82) is 0 Å². The van der Waals surface area contributed by atoms with Gasteiger partial charge in [0.25, 0.3) is 0 Å². The van der Waals surface area contributed by atoms with E-state index in [9.17, 15) is 13.2 Å². The van der Waals surface area contributed by atoms with E-state index in [2.05, 4.69) is 51.4 Å². The number of rotatable bonds is 5. The summed E-state index contributed by atoms with van der Waals surface area (Å²) in [4.78, 5) is 22.1. The molecule has 2 aliphatic rings. The highest BCUT2D eigenvalue weighted by Gasteiger charge is 2.30. The van der Waals surface area contributed by atoms with Gasteiger partial charge in [-0.05, 0) is 48.6 Å². The van der Waals surface area contributed by atoms with E-state index in [0.717, 1.165) is 40.6 Å². The van der Waals surface area contributed by atoms with Crippen LogP contribution in [-0.2, 0) is 14.6 Å². The summed E-state index contributed by atoms with van der Waals surface area (Å²) >= 11 is 0. The fraction of sp³-hybridized carbons (Fsp3) is 0.391. The number of amides is 1. The van der Waals surface area contributed by atoms with Crippen LogP contribution >= 0.6 is 0 Å². The number of nitrogens with one attached hydrogen (secondary N) is 2. The Morgan fingerprint density at radius 1 is 1.16 bits per heavy atom. The van der Waals surface area contributed by atoms with Crippen LogP contribution in [0.2, 0.25) is 0 Å². The summed E-state index contributed by atoms with van der Waals surface area (Å²) in [5.41, 5.74) is 3.96. The molecule has 3 aromatic rings. The molecule has 7 nitrogen and oxygen atoms in total. The van der Waals surface area contributed by atoms with Crippen LogP contribution in [0.25, 0.3) is 22.2 Å². The molecule has 5 rings (SSSR count). The molecular weight excluding hydrogens is 412 g/mol.